The molecule has 4 heteroatoms. The number of ether oxygens (including phenoxy) is 1. The topological polar surface area (TPSA) is 47.0 Å². The Morgan fingerprint density at radius 1 is 1.55 bits per heavy atom. The van der Waals surface area contributed by atoms with Crippen molar-refractivity contribution in [3.8, 4) is 5.75 Å². The maximum absolute atomic E-state index is 5.38. The average Bonchev–Trinajstić information content (AvgIpc) is 2.28. The highest BCUT2D eigenvalue weighted by Crippen LogP contribution is 2.21. The minimum Gasteiger partial charge on any atom is -0.490 e. The molecule has 0 bridgehead atoms. The van der Waals surface area contributed by atoms with Crippen LogP contribution in [0, 0.1) is 0 Å². The predicted octanol–water partition coefficient (Wildman–Crippen LogP) is 0.671. The van der Waals surface area contributed by atoms with Crippen LogP contribution in [0.4, 0.5) is 5.82 Å². The lowest BCUT2D eigenvalue weighted by atomic mass is 10.4. The van der Waals surface area contributed by atoms with Crippen LogP contribution < -0.4 is 10.1 Å². The Morgan fingerprint density at radius 3 is 3.55 bits per heavy atom. The smallest absolute Gasteiger partial charge is 0.191 e. The lowest BCUT2D eigenvalue weighted by Gasteiger charge is -2.02. The molecule has 0 fully saturated rings. The van der Waals surface area contributed by atoms with Crippen molar-refractivity contribution in [1.29, 1.82) is 0 Å². The summed E-state index contributed by atoms with van der Waals surface area (Å²) in [6, 6.07) is 1.82. The maximum Gasteiger partial charge on any atom is 0.191 e. The summed E-state index contributed by atoms with van der Waals surface area (Å²) in [5, 5.41) is 10.8. The Labute approximate surface area is 64.6 Å². The predicted molar refractivity (Wildman–Crippen MR) is 40.6 cm³/mol. The van der Waals surface area contributed by atoms with Gasteiger partial charge in [0.05, 0.1) is 12.8 Å². The van der Waals surface area contributed by atoms with Crippen molar-refractivity contribution >= 4 is 5.82 Å². The molecular weight excluding hydrogens is 142 g/mol. The van der Waals surface area contributed by atoms with Gasteiger partial charge >= 0.3 is 0 Å². The van der Waals surface area contributed by atoms with Gasteiger partial charge in [-0.05, 0) is 6.42 Å². The normalized spacial score (nSPS) is 15.6. The summed E-state index contributed by atoms with van der Waals surface area (Å²) in [4.78, 5) is 0. The van der Waals surface area contributed by atoms with E-state index in [-0.39, 0.29) is 0 Å². The fourth-order valence-corrected chi connectivity index (χ4v) is 1.02. The van der Waals surface area contributed by atoms with Crippen LogP contribution in [-0.4, -0.2) is 23.3 Å². The average molecular weight is 151 g/mol. The SMILES string of the molecule is c1cc2c(nn1)NCCCO2. The Kier molecular flexibility index (Phi) is 1.59. The van der Waals surface area contributed by atoms with Gasteiger partial charge in [0.1, 0.15) is 0 Å². The van der Waals surface area contributed by atoms with Crippen LogP contribution in [0.1, 0.15) is 6.42 Å². The van der Waals surface area contributed by atoms with Gasteiger partial charge in [-0.3, -0.25) is 0 Å². The minimum absolute atomic E-state index is 0.755. The first-order chi connectivity index (χ1) is 5.47. The van der Waals surface area contributed by atoms with Gasteiger partial charge in [0.2, 0.25) is 0 Å². The fourth-order valence-electron chi connectivity index (χ4n) is 1.02. The first kappa shape index (κ1) is 6.39. The largest absolute Gasteiger partial charge is 0.490 e. The summed E-state index contributed by atoms with van der Waals surface area (Å²) < 4.78 is 5.38. The third kappa shape index (κ3) is 1.24. The quantitative estimate of drug-likeness (QED) is 0.592. The third-order valence-corrected chi connectivity index (χ3v) is 1.55. The molecule has 0 atom stereocenters. The summed E-state index contributed by atoms with van der Waals surface area (Å²) in [5.74, 6) is 1.56. The number of nitrogens with zero attached hydrogens (tertiary/aromatic N) is 2. The molecule has 1 aliphatic rings. The van der Waals surface area contributed by atoms with Crippen molar-refractivity contribution in [1.82, 2.24) is 10.2 Å². The van der Waals surface area contributed by atoms with Crippen molar-refractivity contribution in [3.05, 3.63) is 12.3 Å². The Bertz CT molecular complexity index is 226. The van der Waals surface area contributed by atoms with E-state index in [4.69, 9.17) is 4.74 Å². The monoisotopic (exact) mass is 151 g/mol. The van der Waals surface area contributed by atoms with E-state index in [0.29, 0.717) is 0 Å². The van der Waals surface area contributed by atoms with Crippen molar-refractivity contribution in [2.24, 2.45) is 0 Å². The van der Waals surface area contributed by atoms with Gasteiger partial charge in [-0.2, -0.15) is 5.10 Å². The van der Waals surface area contributed by atoms with E-state index in [1.807, 2.05) is 6.07 Å². The van der Waals surface area contributed by atoms with E-state index in [2.05, 4.69) is 15.5 Å². The molecule has 11 heavy (non-hydrogen) atoms. The standard InChI is InChI=1S/C7H9N3O/c1-3-8-7-6(11-5-1)2-4-9-10-7/h2,4H,1,3,5H2,(H,8,10). The number of rotatable bonds is 0. The number of anilines is 1. The van der Waals surface area contributed by atoms with Crippen molar-refractivity contribution in [2.75, 3.05) is 18.5 Å². The summed E-state index contributed by atoms with van der Waals surface area (Å²) >= 11 is 0. The van der Waals surface area contributed by atoms with E-state index in [1.54, 1.807) is 6.20 Å². The van der Waals surface area contributed by atoms with Crippen LogP contribution in [0.3, 0.4) is 0 Å². The van der Waals surface area contributed by atoms with Crippen molar-refractivity contribution < 1.29 is 4.74 Å². The Hall–Kier alpha value is -1.32. The molecule has 2 rings (SSSR count). The second-order valence-corrected chi connectivity index (χ2v) is 2.37. The molecule has 0 radical (unpaired) electrons. The van der Waals surface area contributed by atoms with E-state index < -0.39 is 0 Å². The summed E-state index contributed by atoms with van der Waals surface area (Å²) in [6.07, 6.45) is 2.64. The second-order valence-electron chi connectivity index (χ2n) is 2.37. The van der Waals surface area contributed by atoms with E-state index in [9.17, 15) is 0 Å². The number of nitrogens with one attached hydrogen (secondary N) is 1. The zero-order valence-corrected chi connectivity index (χ0v) is 6.08. The Morgan fingerprint density at radius 2 is 2.55 bits per heavy atom. The Balaban J connectivity index is 2.33. The van der Waals surface area contributed by atoms with E-state index in [0.717, 1.165) is 31.1 Å². The zero-order valence-electron chi connectivity index (χ0n) is 6.08. The van der Waals surface area contributed by atoms with Gasteiger partial charge in [-0.15, -0.1) is 5.10 Å². The molecule has 1 aliphatic heterocycles. The molecule has 1 N–H and O–H groups in total. The van der Waals surface area contributed by atoms with Crippen LogP contribution in [0.5, 0.6) is 5.75 Å². The van der Waals surface area contributed by atoms with Crippen molar-refractivity contribution in [2.45, 2.75) is 6.42 Å². The molecule has 58 valence electrons. The minimum atomic E-state index is 0.755. The molecule has 0 saturated heterocycles. The molecule has 1 aromatic heterocycles. The van der Waals surface area contributed by atoms with Crippen LogP contribution >= 0.6 is 0 Å². The van der Waals surface area contributed by atoms with Crippen LogP contribution in [-0.2, 0) is 0 Å². The molecule has 2 heterocycles. The lowest BCUT2D eigenvalue weighted by Crippen LogP contribution is -2.01. The first-order valence-electron chi connectivity index (χ1n) is 3.65. The second kappa shape index (κ2) is 2.74. The summed E-state index contributed by atoms with van der Waals surface area (Å²) in [7, 11) is 0. The highest BCUT2D eigenvalue weighted by molar-refractivity contribution is 5.48. The summed E-state index contributed by atoms with van der Waals surface area (Å²) in [6.45, 7) is 1.66. The fraction of sp³-hybridized carbons (Fsp3) is 0.429. The van der Waals surface area contributed by atoms with Gasteiger partial charge < -0.3 is 10.1 Å². The van der Waals surface area contributed by atoms with E-state index >= 15 is 0 Å². The number of hydrogen-bond acceptors (Lipinski definition) is 4. The van der Waals surface area contributed by atoms with Crippen LogP contribution in [0.25, 0.3) is 0 Å². The molecule has 0 spiro atoms. The van der Waals surface area contributed by atoms with E-state index in [1.165, 1.54) is 0 Å². The lowest BCUT2D eigenvalue weighted by molar-refractivity contribution is 0.322. The molecular formula is C7H9N3O. The van der Waals surface area contributed by atoms with Gasteiger partial charge in [0.15, 0.2) is 11.6 Å². The molecule has 0 aliphatic carbocycles. The molecule has 0 amide bonds. The zero-order chi connectivity index (χ0) is 7.52. The highest BCUT2D eigenvalue weighted by Gasteiger charge is 2.07. The van der Waals surface area contributed by atoms with Gasteiger partial charge in [-0.1, -0.05) is 0 Å². The number of aromatic nitrogens is 2. The highest BCUT2D eigenvalue weighted by atomic mass is 16.5. The van der Waals surface area contributed by atoms with Gasteiger partial charge in [-0.25, -0.2) is 0 Å². The molecule has 0 aromatic carbocycles. The molecule has 0 unspecified atom stereocenters. The molecule has 4 nitrogen and oxygen atoms in total. The third-order valence-electron chi connectivity index (χ3n) is 1.55. The summed E-state index contributed by atoms with van der Waals surface area (Å²) in [5.41, 5.74) is 0. The van der Waals surface area contributed by atoms with Crippen LogP contribution in [0.15, 0.2) is 12.3 Å². The molecule has 1 aromatic rings. The molecule has 0 saturated carbocycles. The van der Waals surface area contributed by atoms with Gasteiger partial charge in [0, 0.05) is 12.6 Å². The number of hydrogen-bond donors (Lipinski definition) is 1. The number of fused-ring (bicyclic) bond motifs is 1. The van der Waals surface area contributed by atoms with Gasteiger partial charge in [0.25, 0.3) is 0 Å². The van der Waals surface area contributed by atoms with Crippen molar-refractivity contribution in [3.63, 3.8) is 0 Å². The first-order valence-corrected chi connectivity index (χ1v) is 3.65. The maximum atomic E-state index is 5.38. The van der Waals surface area contributed by atoms with Crippen LogP contribution in [0.2, 0.25) is 0 Å².